The number of piperazine rings is 1. The van der Waals surface area contributed by atoms with E-state index in [0.717, 1.165) is 48.0 Å². The number of rotatable bonds is 4. The molecule has 0 radical (unpaired) electrons. The van der Waals surface area contributed by atoms with E-state index in [4.69, 9.17) is 0 Å². The molecule has 3 aliphatic rings. The lowest BCUT2D eigenvalue weighted by molar-refractivity contribution is -0.136. The van der Waals surface area contributed by atoms with E-state index in [0.29, 0.717) is 19.6 Å². The molecule has 0 saturated carbocycles. The fourth-order valence-corrected chi connectivity index (χ4v) is 5.52. The van der Waals surface area contributed by atoms with Crippen LogP contribution in [0.2, 0.25) is 0 Å². The average molecular weight is 527 g/mol. The van der Waals surface area contributed by atoms with Crippen molar-refractivity contribution in [1.82, 2.24) is 15.1 Å². The van der Waals surface area contributed by atoms with Crippen LogP contribution >= 0.6 is 15.9 Å². The van der Waals surface area contributed by atoms with E-state index in [9.17, 15) is 9.59 Å². The smallest absolute Gasteiger partial charge is 0.228 e. The first kappa shape index (κ1) is 23.1. The zero-order chi connectivity index (χ0) is 23.5. The molecule has 3 fully saturated rings. The maximum absolute atomic E-state index is 13.2. The van der Waals surface area contributed by atoms with Crippen molar-refractivity contribution in [3.63, 3.8) is 0 Å². The van der Waals surface area contributed by atoms with E-state index < -0.39 is 0 Å². The van der Waals surface area contributed by atoms with E-state index in [1.165, 1.54) is 25.7 Å². The summed E-state index contributed by atoms with van der Waals surface area (Å²) in [7, 11) is 0. The van der Waals surface area contributed by atoms with Gasteiger partial charge in [-0.05, 0) is 43.2 Å². The lowest BCUT2D eigenvalue weighted by atomic mass is 10.1. The molecule has 1 aromatic heterocycles. The van der Waals surface area contributed by atoms with Crippen LogP contribution < -0.4 is 14.7 Å². The first-order chi connectivity index (χ1) is 16.6. The molecule has 9 heteroatoms. The second kappa shape index (κ2) is 10.3. The SMILES string of the molecule is O=C(C1CC(=O)N(c2cccc(Br)c2)C1)N1CCN(c2ccc(N3CCCCCC3)nn2)CC1. The standard InChI is InChI=1S/C25H31BrN6O2/c26-20-6-5-7-21(17-20)32-18-19(16-24(32)33)25(34)31-14-12-30(13-15-31)23-9-8-22(27-28-23)29-10-3-1-2-4-11-29/h5-9,17,19H,1-4,10-16,18H2. The van der Waals surface area contributed by atoms with Crippen LogP contribution in [0.1, 0.15) is 32.1 Å². The predicted octanol–water partition coefficient (Wildman–Crippen LogP) is 3.32. The molecule has 0 aliphatic carbocycles. The average Bonchev–Trinajstić information content (AvgIpc) is 3.06. The van der Waals surface area contributed by atoms with Gasteiger partial charge in [0.05, 0.1) is 5.92 Å². The van der Waals surface area contributed by atoms with Crippen LogP contribution in [-0.2, 0) is 9.59 Å². The van der Waals surface area contributed by atoms with Crippen LogP contribution in [-0.4, -0.2) is 72.7 Å². The van der Waals surface area contributed by atoms with Crippen LogP contribution in [0.5, 0.6) is 0 Å². The normalized spacial score (nSPS) is 21.7. The Balaban J connectivity index is 1.15. The predicted molar refractivity (Wildman–Crippen MR) is 136 cm³/mol. The van der Waals surface area contributed by atoms with E-state index in [2.05, 4.69) is 48.1 Å². The number of nitrogens with zero attached hydrogens (tertiary/aromatic N) is 6. The van der Waals surface area contributed by atoms with Crippen molar-refractivity contribution in [3.05, 3.63) is 40.9 Å². The van der Waals surface area contributed by atoms with Gasteiger partial charge in [-0.2, -0.15) is 0 Å². The zero-order valence-electron chi connectivity index (χ0n) is 19.4. The quantitative estimate of drug-likeness (QED) is 0.608. The summed E-state index contributed by atoms with van der Waals surface area (Å²) in [5, 5.41) is 8.99. The molecule has 1 unspecified atom stereocenters. The monoisotopic (exact) mass is 526 g/mol. The third-order valence-electron chi connectivity index (χ3n) is 7.08. The second-order valence-corrected chi connectivity index (χ2v) is 10.3. The Kier molecular flexibility index (Phi) is 6.99. The topological polar surface area (TPSA) is 72.9 Å². The van der Waals surface area contributed by atoms with Gasteiger partial charge in [-0.1, -0.05) is 34.8 Å². The molecule has 5 rings (SSSR count). The fraction of sp³-hybridized carbons (Fsp3) is 0.520. The summed E-state index contributed by atoms with van der Waals surface area (Å²) < 4.78 is 0.922. The largest absolute Gasteiger partial charge is 0.355 e. The lowest BCUT2D eigenvalue weighted by Crippen LogP contribution is -2.51. The van der Waals surface area contributed by atoms with Gasteiger partial charge < -0.3 is 19.6 Å². The molecule has 0 spiro atoms. The summed E-state index contributed by atoms with van der Waals surface area (Å²) in [6.07, 6.45) is 5.29. The number of anilines is 3. The highest BCUT2D eigenvalue weighted by Gasteiger charge is 2.38. The molecule has 3 saturated heterocycles. The van der Waals surface area contributed by atoms with Crippen molar-refractivity contribution < 1.29 is 9.59 Å². The molecule has 2 aromatic rings. The third kappa shape index (κ3) is 5.04. The van der Waals surface area contributed by atoms with Crippen LogP contribution in [0.25, 0.3) is 0 Å². The molecule has 34 heavy (non-hydrogen) atoms. The molecule has 4 heterocycles. The molecule has 0 bridgehead atoms. The van der Waals surface area contributed by atoms with Crippen molar-refractivity contribution in [3.8, 4) is 0 Å². The van der Waals surface area contributed by atoms with Crippen LogP contribution in [0, 0.1) is 5.92 Å². The zero-order valence-corrected chi connectivity index (χ0v) is 21.0. The molecule has 180 valence electrons. The number of hydrogen-bond donors (Lipinski definition) is 0. The number of halogens is 1. The maximum Gasteiger partial charge on any atom is 0.228 e. The highest BCUT2D eigenvalue weighted by Crippen LogP contribution is 2.29. The molecular weight excluding hydrogens is 496 g/mol. The van der Waals surface area contributed by atoms with Crippen LogP contribution in [0.15, 0.2) is 40.9 Å². The van der Waals surface area contributed by atoms with Crippen molar-refractivity contribution in [2.24, 2.45) is 5.92 Å². The second-order valence-electron chi connectivity index (χ2n) is 9.35. The molecule has 3 aliphatic heterocycles. The summed E-state index contributed by atoms with van der Waals surface area (Å²) in [6.45, 7) is 5.26. The summed E-state index contributed by atoms with van der Waals surface area (Å²) in [5.41, 5.74) is 0.835. The van der Waals surface area contributed by atoms with Crippen molar-refractivity contribution in [2.45, 2.75) is 32.1 Å². The summed E-state index contributed by atoms with van der Waals surface area (Å²) in [5.74, 6) is 1.62. The highest BCUT2D eigenvalue weighted by atomic mass is 79.9. The molecular formula is C25H31BrN6O2. The number of aromatic nitrogens is 2. The highest BCUT2D eigenvalue weighted by molar-refractivity contribution is 9.10. The lowest BCUT2D eigenvalue weighted by Gasteiger charge is -2.36. The minimum Gasteiger partial charge on any atom is -0.355 e. The minimum absolute atomic E-state index is 0.00913. The van der Waals surface area contributed by atoms with Gasteiger partial charge in [0, 0.05) is 62.4 Å². The Morgan fingerprint density at radius 3 is 2.12 bits per heavy atom. The van der Waals surface area contributed by atoms with Gasteiger partial charge in [-0.3, -0.25) is 9.59 Å². The Hall–Kier alpha value is -2.68. The van der Waals surface area contributed by atoms with Gasteiger partial charge in [-0.15, -0.1) is 10.2 Å². The number of carbonyl (C=O) groups excluding carboxylic acids is 2. The molecule has 1 aromatic carbocycles. The van der Waals surface area contributed by atoms with Gasteiger partial charge in [0.15, 0.2) is 11.6 Å². The number of hydrogen-bond acceptors (Lipinski definition) is 6. The summed E-state index contributed by atoms with van der Waals surface area (Å²) in [4.78, 5) is 33.9. The van der Waals surface area contributed by atoms with E-state index >= 15 is 0 Å². The molecule has 0 N–H and O–H groups in total. The van der Waals surface area contributed by atoms with Crippen molar-refractivity contribution in [2.75, 3.05) is 60.5 Å². The first-order valence-electron chi connectivity index (χ1n) is 12.3. The Bertz CT molecular complexity index is 1020. The molecule has 1 atom stereocenters. The van der Waals surface area contributed by atoms with Crippen LogP contribution in [0.4, 0.5) is 17.3 Å². The molecule has 2 amide bonds. The van der Waals surface area contributed by atoms with Crippen LogP contribution in [0.3, 0.4) is 0 Å². The maximum atomic E-state index is 13.2. The third-order valence-corrected chi connectivity index (χ3v) is 7.57. The summed E-state index contributed by atoms with van der Waals surface area (Å²) >= 11 is 3.46. The van der Waals surface area contributed by atoms with E-state index in [-0.39, 0.29) is 24.2 Å². The Morgan fingerprint density at radius 2 is 1.50 bits per heavy atom. The number of carbonyl (C=O) groups is 2. The van der Waals surface area contributed by atoms with Crippen molar-refractivity contribution in [1.29, 1.82) is 0 Å². The van der Waals surface area contributed by atoms with E-state index in [1.54, 1.807) is 4.90 Å². The van der Waals surface area contributed by atoms with E-state index in [1.807, 2.05) is 29.2 Å². The minimum atomic E-state index is -0.286. The number of benzene rings is 1. The van der Waals surface area contributed by atoms with Crippen molar-refractivity contribution >= 4 is 45.1 Å². The molecule has 8 nitrogen and oxygen atoms in total. The van der Waals surface area contributed by atoms with Gasteiger partial charge in [0.1, 0.15) is 0 Å². The number of amides is 2. The van der Waals surface area contributed by atoms with Gasteiger partial charge >= 0.3 is 0 Å². The Morgan fingerprint density at radius 1 is 0.853 bits per heavy atom. The van der Waals surface area contributed by atoms with Gasteiger partial charge in [-0.25, -0.2) is 0 Å². The van der Waals surface area contributed by atoms with Gasteiger partial charge in [0.2, 0.25) is 11.8 Å². The summed E-state index contributed by atoms with van der Waals surface area (Å²) in [6, 6.07) is 11.8. The Labute approximate surface area is 209 Å². The fourth-order valence-electron chi connectivity index (χ4n) is 5.14. The van der Waals surface area contributed by atoms with Gasteiger partial charge in [0.25, 0.3) is 0 Å². The first-order valence-corrected chi connectivity index (χ1v) is 13.1.